The van der Waals surface area contributed by atoms with Gasteiger partial charge in [0.25, 0.3) is 0 Å². The van der Waals surface area contributed by atoms with E-state index in [1.807, 2.05) is 23.4 Å². The maximum Gasteiger partial charge on any atom is 0.375 e. The fourth-order valence-electron chi connectivity index (χ4n) is 2.95. The summed E-state index contributed by atoms with van der Waals surface area (Å²) in [4.78, 5) is 1.28. The first-order valence-corrected chi connectivity index (χ1v) is 13.2. The second-order valence-corrected chi connectivity index (χ2v) is 14.4. The first-order valence-electron chi connectivity index (χ1n) is 8.37. The standard InChI is InChI=1S/C18H29BO2S3/c1-16(2)17(3,4)20-19(16)23-15-10-8-14(9-11-15)18(12-22-13-18)21-24(5,6)7/h8-11H,12-13H2,1-7H3. The molecule has 0 unspecified atom stereocenters. The zero-order valence-corrected chi connectivity index (χ0v) is 18.3. The zero-order chi connectivity index (χ0) is 17.8. The lowest BCUT2D eigenvalue weighted by Gasteiger charge is -2.56. The van der Waals surface area contributed by atoms with Crippen molar-refractivity contribution in [3.8, 4) is 0 Å². The summed E-state index contributed by atoms with van der Waals surface area (Å²) in [5, 5.41) is 0.181. The molecule has 2 aliphatic heterocycles. The monoisotopic (exact) mass is 384 g/mol. The van der Waals surface area contributed by atoms with Crippen molar-refractivity contribution in [1.82, 2.24) is 0 Å². The predicted octanol–water partition coefficient (Wildman–Crippen LogP) is 5.42. The van der Waals surface area contributed by atoms with Crippen molar-refractivity contribution in [1.29, 1.82) is 0 Å². The first-order chi connectivity index (χ1) is 11.0. The normalized spacial score (nSPS) is 24.9. The van der Waals surface area contributed by atoms with Crippen LogP contribution in [0.4, 0.5) is 0 Å². The average Bonchev–Trinajstić information content (AvgIpc) is 2.42. The molecular weight excluding hydrogens is 355 g/mol. The zero-order valence-electron chi connectivity index (χ0n) is 15.8. The predicted molar refractivity (Wildman–Crippen MR) is 113 cm³/mol. The largest absolute Gasteiger partial charge is 0.420 e. The summed E-state index contributed by atoms with van der Waals surface area (Å²) in [6.07, 6.45) is 6.89. The first kappa shape index (κ1) is 19.0. The molecule has 0 saturated carbocycles. The highest BCUT2D eigenvalue weighted by Crippen LogP contribution is 2.58. The van der Waals surface area contributed by atoms with Crippen LogP contribution in [0.3, 0.4) is 0 Å². The van der Waals surface area contributed by atoms with Crippen molar-refractivity contribution in [3.63, 3.8) is 0 Å². The molecule has 0 radical (unpaired) electrons. The molecule has 2 saturated heterocycles. The van der Waals surface area contributed by atoms with E-state index in [2.05, 4.69) is 70.7 Å². The van der Waals surface area contributed by atoms with Crippen LogP contribution in [-0.4, -0.2) is 42.1 Å². The quantitative estimate of drug-likeness (QED) is 0.631. The molecule has 0 N–H and O–H groups in total. The van der Waals surface area contributed by atoms with Gasteiger partial charge < -0.3 is 8.84 Å². The Hall–Kier alpha value is 0.255. The van der Waals surface area contributed by atoms with Crippen molar-refractivity contribution < 1.29 is 8.84 Å². The van der Waals surface area contributed by atoms with Crippen LogP contribution in [0.2, 0.25) is 5.31 Å². The lowest BCUT2D eigenvalue weighted by atomic mass is 9.49. The van der Waals surface area contributed by atoms with E-state index < -0.39 is 10.3 Å². The minimum absolute atomic E-state index is 0.0405. The Labute approximate surface area is 157 Å². The van der Waals surface area contributed by atoms with Crippen molar-refractivity contribution in [2.75, 3.05) is 30.3 Å². The molecule has 24 heavy (non-hydrogen) atoms. The second kappa shape index (κ2) is 6.16. The molecule has 0 bridgehead atoms. The third kappa shape index (κ3) is 3.42. The minimum Gasteiger partial charge on any atom is -0.420 e. The molecule has 6 heteroatoms. The van der Waals surface area contributed by atoms with Crippen LogP contribution < -0.4 is 0 Å². The molecule has 1 aromatic rings. The molecule has 2 fully saturated rings. The Morgan fingerprint density at radius 1 is 1.08 bits per heavy atom. The lowest BCUT2D eigenvalue weighted by Crippen LogP contribution is -2.59. The van der Waals surface area contributed by atoms with E-state index in [1.54, 1.807) is 0 Å². The van der Waals surface area contributed by atoms with Gasteiger partial charge in [0, 0.05) is 22.4 Å². The lowest BCUT2D eigenvalue weighted by molar-refractivity contribution is -0.00482. The summed E-state index contributed by atoms with van der Waals surface area (Å²) in [6, 6.07) is 8.97. The molecule has 2 heterocycles. The van der Waals surface area contributed by atoms with Gasteiger partial charge in [-0.15, -0.1) is 21.9 Å². The van der Waals surface area contributed by atoms with Crippen LogP contribution in [0.15, 0.2) is 29.2 Å². The molecule has 2 aliphatic rings. The molecule has 1 aromatic carbocycles. The van der Waals surface area contributed by atoms with E-state index in [9.17, 15) is 0 Å². The Morgan fingerprint density at radius 2 is 1.67 bits per heavy atom. The van der Waals surface area contributed by atoms with E-state index in [4.69, 9.17) is 8.84 Å². The van der Waals surface area contributed by atoms with Crippen LogP contribution in [0.1, 0.15) is 33.3 Å². The second-order valence-electron chi connectivity index (χ2n) is 8.62. The summed E-state index contributed by atoms with van der Waals surface area (Å²) in [5.74, 6) is 2.13. The van der Waals surface area contributed by atoms with Crippen LogP contribution >= 0.6 is 33.7 Å². The third-order valence-corrected chi connectivity index (χ3v) is 8.85. The van der Waals surface area contributed by atoms with Gasteiger partial charge in [-0.2, -0.15) is 11.8 Å². The summed E-state index contributed by atoms with van der Waals surface area (Å²) in [5.41, 5.74) is 1.21. The number of benzene rings is 1. The topological polar surface area (TPSA) is 18.5 Å². The number of thioether (sulfide) groups is 1. The van der Waals surface area contributed by atoms with Gasteiger partial charge in [0.1, 0.15) is 5.60 Å². The summed E-state index contributed by atoms with van der Waals surface area (Å²) < 4.78 is 12.6. The molecule has 0 amide bonds. The van der Waals surface area contributed by atoms with Crippen LogP contribution in [0.25, 0.3) is 0 Å². The number of rotatable bonds is 5. The van der Waals surface area contributed by atoms with Crippen molar-refractivity contribution in [3.05, 3.63) is 29.8 Å². The molecule has 0 spiro atoms. The van der Waals surface area contributed by atoms with Crippen molar-refractivity contribution in [2.24, 2.45) is 0 Å². The van der Waals surface area contributed by atoms with Gasteiger partial charge in [-0.3, -0.25) is 0 Å². The Bertz CT molecular complexity index is 604. The maximum absolute atomic E-state index is 6.49. The molecular formula is C18H29BO2S3. The smallest absolute Gasteiger partial charge is 0.375 e. The van der Waals surface area contributed by atoms with Gasteiger partial charge in [0.05, 0.1) is 0 Å². The van der Waals surface area contributed by atoms with Crippen LogP contribution in [-0.2, 0) is 14.4 Å². The maximum atomic E-state index is 6.49. The highest BCUT2D eigenvalue weighted by atomic mass is 32.3. The van der Waals surface area contributed by atoms with Gasteiger partial charge in [0.2, 0.25) is 0 Å². The SMILES string of the molecule is CC1(C)OB(Sc2ccc(C3(OS(C)(C)C)CSC3)cc2)C1(C)C. The third-order valence-electron chi connectivity index (χ3n) is 5.25. The molecule has 3 rings (SSSR count). The Kier molecular flexibility index (Phi) is 4.88. The summed E-state index contributed by atoms with van der Waals surface area (Å²) >= 11 is 3.80. The van der Waals surface area contributed by atoms with Crippen molar-refractivity contribution in [2.45, 2.75) is 49.1 Å². The summed E-state index contributed by atoms with van der Waals surface area (Å²) in [7, 11) is -0.982. The molecule has 0 atom stereocenters. The minimum atomic E-state index is -0.982. The Morgan fingerprint density at radius 3 is 2.04 bits per heavy atom. The molecule has 0 aliphatic carbocycles. The molecule has 2 nitrogen and oxygen atoms in total. The van der Waals surface area contributed by atoms with Gasteiger partial charge in [-0.05, 0) is 55.2 Å². The number of hydrogen-bond donors (Lipinski definition) is 0. The Balaban J connectivity index is 1.70. The fraction of sp³-hybridized carbons (Fsp3) is 0.667. The van der Waals surface area contributed by atoms with Gasteiger partial charge in [-0.25, -0.2) is 0 Å². The number of hydrogen-bond acceptors (Lipinski definition) is 4. The average molecular weight is 384 g/mol. The van der Waals surface area contributed by atoms with Gasteiger partial charge >= 0.3 is 6.19 Å². The highest BCUT2D eigenvalue weighted by Gasteiger charge is 2.59. The van der Waals surface area contributed by atoms with Crippen LogP contribution in [0.5, 0.6) is 0 Å². The molecule has 134 valence electrons. The van der Waals surface area contributed by atoms with Crippen LogP contribution in [0, 0.1) is 0 Å². The molecule has 0 aromatic heterocycles. The van der Waals surface area contributed by atoms with E-state index in [0.717, 1.165) is 11.5 Å². The van der Waals surface area contributed by atoms with Gasteiger partial charge in [0.15, 0.2) is 0 Å². The fourth-order valence-corrected chi connectivity index (χ4v) is 6.71. The van der Waals surface area contributed by atoms with E-state index in [-0.39, 0.29) is 22.7 Å². The van der Waals surface area contributed by atoms with E-state index >= 15 is 0 Å². The summed E-state index contributed by atoms with van der Waals surface area (Å²) in [6.45, 7) is 8.95. The highest BCUT2D eigenvalue weighted by molar-refractivity contribution is 8.28. The van der Waals surface area contributed by atoms with E-state index in [1.165, 1.54) is 10.5 Å². The van der Waals surface area contributed by atoms with Gasteiger partial charge in [-0.1, -0.05) is 26.0 Å². The van der Waals surface area contributed by atoms with E-state index in [0.29, 0.717) is 0 Å². The van der Waals surface area contributed by atoms with Crippen molar-refractivity contribution >= 4 is 39.9 Å².